The number of hydrogen-bond donors (Lipinski definition) is 1. The first-order valence-corrected chi connectivity index (χ1v) is 6.96. The molecule has 0 fully saturated rings. The van der Waals surface area contributed by atoms with E-state index in [0.29, 0.717) is 31.6 Å². The fraction of sp³-hybridized carbons (Fsp3) is 0. The molecular formula is C15H8Cl3NO. The van der Waals surface area contributed by atoms with Crippen LogP contribution < -0.4 is 0 Å². The van der Waals surface area contributed by atoms with E-state index in [1.165, 1.54) is 0 Å². The van der Waals surface area contributed by atoms with Crippen molar-refractivity contribution in [3.8, 4) is 0 Å². The summed E-state index contributed by atoms with van der Waals surface area (Å²) in [6.45, 7) is 0. The van der Waals surface area contributed by atoms with Crippen LogP contribution in [-0.4, -0.2) is 10.8 Å². The van der Waals surface area contributed by atoms with Crippen molar-refractivity contribution >= 4 is 51.5 Å². The van der Waals surface area contributed by atoms with Gasteiger partial charge < -0.3 is 4.98 Å². The Morgan fingerprint density at radius 2 is 1.75 bits per heavy atom. The first-order valence-electron chi connectivity index (χ1n) is 5.83. The van der Waals surface area contributed by atoms with E-state index in [-0.39, 0.29) is 5.78 Å². The van der Waals surface area contributed by atoms with Gasteiger partial charge in [-0.1, -0.05) is 40.9 Å². The van der Waals surface area contributed by atoms with Crippen LogP contribution in [0.4, 0.5) is 0 Å². The number of fused-ring (bicyclic) bond motifs is 1. The highest BCUT2D eigenvalue weighted by Crippen LogP contribution is 2.29. The van der Waals surface area contributed by atoms with E-state index in [2.05, 4.69) is 4.98 Å². The van der Waals surface area contributed by atoms with Gasteiger partial charge in [-0.05, 0) is 30.3 Å². The molecule has 0 aliphatic rings. The van der Waals surface area contributed by atoms with Crippen molar-refractivity contribution in [1.82, 2.24) is 4.98 Å². The summed E-state index contributed by atoms with van der Waals surface area (Å²) in [7, 11) is 0. The Morgan fingerprint density at radius 1 is 0.950 bits per heavy atom. The molecule has 5 heteroatoms. The van der Waals surface area contributed by atoms with Crippen LogP contribution in [0.25, 0.3) is 10.9 Å². The van der Waals surface area contributed by atoms with Crippen molar-refractivity contribution < 1.29 is 4.79 Å². The van der Waals surface area contributed by atoms with E-state index in [1.807, 2.05) is 12.1 Å². The van der Waals surface area contributed by atoms with E-state index in [4.69, 9.17) is 34.8 Å². The quantitative estimate of drug-likeness (QED) is 0.632. The summed E-state index contributed by atoms with van der Waals surface area (Å²) in [5.74, 6) is -0.150. The van der Waals surface area contributed by atoms with Crippen LogP contribution in [0.15, 0.2) is 42.6 Å². The second-order valence-electron chi connectivity index (χ2n) is 4.32. The van der Waals surface area contributed by atoms with Crippen LogP contribution in [0.3, 0.4) is 0 Å². The molecule has 1 aromatic heterocycles. The van der Waals surface area contributed by atoms with Crippen molar-refractivity contribution in [3.05, 3.63) is 68.8 Å². The number of halogens is 3. The summed E-state index contributed by atoms with van der Waals surface area (Å²) >= 11 is 18.0. The van der Waals surface area contributed by atoms with Crippen molar-refractivity contribution in [1.29, 1.82) is 0 Å². The molecule has 0 atom stereocenters. The Labute approximate surface area is 130 Å². The highest BCUT2D eigenvalue weighted by molar-refractivity contribution is 6.42. The van der Waals surface area contributed by atoms with Crippen LogP contribution in [0.2, 0.25) is 15.1 Å². The standard InChI is InChI=1S/C15H8Cl3NO/c16-10-5-4-8(6-12(10)18)15(20)9-7-19-13-3-1-2-11(17)14(9)13/h1-7,19H. The average Bonchev–Trinajstić information content (AvgIpc) is 2.86. The molecule has 0 aliphatic heterocycles. The van der Waals surface area contributed by atoms with Crippen LogP contribution in [-0.2, 0) is 0 Å². The van der Waals surface area contributed by atoms with Crippen LogP contribution >= 0.6 is 34.8 Å². The first-order chi connectivity index (χ1) is 9.58. The summed E-state index contributed by atoms with van der Waals surface area (Å²) in [5.41, 5.74) is 1.81. The molecule has 20 heavy (non-hydrogen) atoms. The summed E-state index contributed by atoms with van der Waals surface area (Å²) in [5, 5.41) is 2.01. The van der Waals surface area contributed by atoms with Gasteiger partial charge >= 0.3 is 0 Å². The van der Waals surface area contributed by atoms with E-state index >= 15 is 0 Å². The minimum Gasteiger partial charge on any atom is -0.360 e. The number of aromatic amines is 1. The van der Waals surface area contributed by atoms with Gasteiger partial charge in [-0.3, -0.25) is 4.79 Å². The predicted octanol–water partition coefficient (Wildman–Crippen LogP) is 5.36. The van der Waals surface area contributed by atoms with E-state index in [0.717, 1.165) is 5.52 Å². The molecule has 100 valence electrons. The minimum absolute atomic E-state index is 0.150. The molecule has 3 rings (SSSR count). The lowest BCUT2D eigenvalue weighted by molar-refractivity contribution is 0.104. The number of carbonyl (C=O) groups excluding carboxylic acids is 1. The minimum atomic E-state index is -0.150. The molecule has 1 N–H and O–H groups in total. The largest absolute Gasteiger partial charge is 0.360 e. The molecule has 0 unspecified atom stereocenters. The Kier molecular flexibility index (Phi) is 3.47. The Balaban J connectivity index is 2.15. The Morgan fingerprint density at radius 3 is 2.50 bits per heavy atom. The van der Waals surface area contributed by atoms with Crippen LogP contribution in [0.1, 0.15) is 15.9 Å². The highest BCUT2D eigenvalue weighted by Gasteiger charge is 2.17. The summed E-state index contributed by atoms with van der Waals surface area (Å²) in [6.07, 6.45) is 1.65. The SMILES string of the molecule is O=C(c1ccc(Cl)c(Cl)c1)c1c[nH]c2cccc(Cl)c12. The molecule has 0 saturated heterocycles. The lowest BCUT2D eigenvalue weighted by Gasteiger charge is -2.03. The molecule has 2 aromatic carbocycles. The van der Waals surface area contributed by atoms with Crippen LogP contribution in [0.5, 0.6) is 0 Å². The summed E-state index contributed by atoms with van der Waals surface area (Å²) in [4.78, 5) is 15.6. The molecule has 0 radical (unpaired) electrons. The van der Waals surface area contributed by atoms with E-state index < -0.39 is 0 Å². The molecule has 0 aliphatic carbocycles. The summed E-state index contributed by atoms with van der Waals surface area (Å²) < 4.78 is 0. The molecule has 1 heterocycles. The molecule has 0 bridgehead atoms. The van der Waals surface area contributed by atoms with Crippen molar-refractivity contribution in [3.63, 3.8) is 0 Å². The topological polar surface area (TPSA) is 32.9 Å². The third kappa shape index (κ3) is 2.20. The summed E-state index contributed by atoms with van der Waals surface area (Å²) in [6, 6.07) is 10.3. The van der Waals surface area contributed by atoms with Gasteiger partial charge in [-0.2, -0.15) is 0 Å². The average molecular weight is 325 g/mol. The number of carbonyl (C=O) groups is 1. The molecule has 0 spiro atoms. The van der Waals surface area contributed by atoms with Gasteiger partial charge in [-0.25, -0.2) is 0 Å². The second-order valence-corrected chi connectivity index (χ2v) is 5.54. The zero-order chi connectivity index (χ0) is 14.3. The normalized spacial score (nSPS) is 10.9. The number of hydrogen-bond acceptors (Lipinski definition) is 1. The van der Waals surface area contributed by atoms with Gasteiger partial charge in [0, 0.05) is 28.2 Å². The zero-order valence-corrected chi connectivity index (χ0v) is 12.4. The lowest BCUT2D eigenvalue weighted by Crippen LogP contribution is -2.00. The number of rotatable bonds is 2. The fourth-order valence-electron chi connectivity index (χ4n) is 2.11. The third-order valence-electron chi connectivity index (χ3n) is 3.08. The molecule has 2 nitrogen and oxygen atoms in total. The van der Waals surface area contributed by atoms with Gasteiger partial charge in [0.1, 0.15) is 0 Å². The van der Waals surface area contributed by atoms with E-state index in [1.54, 1.807) is 30.5 Å². The monoisotopic (exact) mass is 323 g/mol. The Hall–Kier alpha value is -1.48. The van der Waals surface area contributed by atoms with Gasteiger partial charge in [0.15, 0.2) is 5.78 Å². The van der Waals surface area contributed by atoms with Gasteiger partial charge in [0.05, 0.1) is 15.1 Å². The third-order valence-corrected chi connectivity index (χ3v) is 4.14. The number of ketones is 1. The highest BCUT2D eigenvalue weighted by atomic mass is 35.5. The molecular weight excluding hydrogens is 317 g/mol. The number of benzene rings is 2. The molecule has 0 saturated carbocycles. The van der Waals surface area contributed by atoms with Crippen molar-refractivity contribution in [2.45, 2.75) is 0 Å². The van der Waals surface area contributed by atoms with Gasteiger partial charge in [0.2, 0.25) is 0 Å². The number of H-pyrrole nitrogens is 1. The second kappa shape index (κ2) is 5.13. The molecule has 3 aromatic rings. The maximum atomic E-state index is 12.6. The lowest BCUT2D eigenvalue weighted by atomic mass is 10.0. The maximum Gasteiger partial charge on any atom is 0.195 e. The smallest absolute Gasteiger partial charge is 0.195 e. The van der Waals surface area contributed by atoms with Gasteiger partial charge in [0.25, 0.3) is 0 Å². The number of nitrogens with one attached hydrogen (secondary N) is 1. The van der Waals surface area contributed by atoms with Crippen LogP contribution in [0, 0.1) is 0 Å². The predicted molar refractivity (Wildman–Crippen MR) is 83.2 cm³/mol. The molecule has 0 amide bonds. The maximum absolute atomic E-state index is 12.6. The van der Waals surface area contributed by atoms with E-state index in [9.17, 15) is 4.79 Å². The fourth-order valence-corrected chi connectivity index (χ4v) is 2.69. The zero-order valence-electron chi connectivity index (χ0n) is 10.1. The van der Waals surface area contributed by atoms with Crippen molar-refractivity contribution in [2.24, 2.45) is 0 Å². The first kappa shape index (κ1) is 13.5. The van der Waals surface area contributed by atoms with Gasteiger partial charge in [-0.15, -0.1) is 0 Å². The van der Waals surface area contributed by atoms with Crippen molar-refractivity contribution in [2.75, 3.05) is 0 Å². The number of aromatic nitrogens is 1. The Bertz CT molecular complexity index is 823.